The van der Waals surface area contributed by atoms with E-state index in [2.05, 4.69) is 0 Å². The second kappa shape index (κ2) is 1.72. The van der Waals surface area contributed by atoms with Crippen molar-refractivity contribution in [3.05, 3.63) is 0 Å². The highest BCUT2D eigenvalue weighted by atomic mass is 14.7. The molecule has 0 saturated heterocycles. The van der Waals surface area contributed by atoms with Crippen LogP contribution in [0, 0.1) is 5.41 Å². The van der Waals surface area contributed by atoms with E-state index in [1.165, 1.54) is 38.5 Å². The average molecular weight is 125 g/mol. The van der Waals surface area contributed by atoms with Crippen molar-refractivity contribution < 1.29 is 0 Å². The molecule has 0 aromatic carbocycles. The standard InChI is InChI=1S/C8H15N/c9-7-3-1-2-4-8(7)5-6-8/h7H,1-6,9H2/t7-/m0/s1. The third kappa shape index (κ3) is 0.787. The Morgan fingerprint density at radius 1 is 1.11 bits per heavy atom. The van der Waals surface area contributed by atoms with Gasteiger partial charge in [-0.1, -0.05) is 12.8 Å². The summed E-state index contributed by atoms with van der Waals surface area (Å²) in [5.41, 5.74) is 6.64. The van der Waals surface area contributed by atoms with Crippen molar-refractivity contribution in [1.82, 2.24) is 0 Å². The molecule has 0 aromatic heterocycles. The van der Waals surface area contributed by atoms with Crippen LogP contribution in [0.15, 0.2) is 0 Å². The van der Waals surface area contributed by atoms with E-state index in [0.29, 0.717) is 11.5 Å². The van der Waals surface area contributed by atoms with E-state index < -0.39 is 0 Å². The summed E-state index contributed by atoms with van der Waals surface area (Å²) in [7, 11) is 0. The van der Waals surface area contributed by atoms with Gasteiger partial charge in [-0.15, -0.1) is 0 Å². The minimum Gasteiger partial charge on any atom is -0.327 e. The predicted octanol–water partition coefficient (Wildman–Crippen LogP) is 1.67. The van der Waals surface area contributed by atoms with Crippen LogP contribution in [0.4, 0.5) is 0 Å². The van der Waals surface area contributed by atoms with E-state index in [1.807, 2.05) is 0 Å². The first-order chi connectivity index (χ1) is 4.33. The van der Waals surface area contributed by atoms with Crippen LogP contribution in [0.2, 0.25) is 0 Å². The summed E-state index contributed by atoms with van der Waals surface area (Å²) in [5.74, 6) is 0. The van der Waals surface area contributed by atoms with Crippen LogP contribution in [-0.2, 0) is 0 Å². The Kier molecular flexibility index (Phi) is 1.10. The summed E-state index contributed by atoms with van der Waals surface area (Å²) in [5, 5.41) is 0. The van der Waals surface area contributed by atoms with Crippen molar-refractivity contribution in [1.29, 1.82) is 0 Å². The molecular formula is C8H15N. The first-order valence-corrected chi connectivity index (χ1v) is 4.09. The van der Waals surface area contributed by atoms with Crippen molar-refractivity contribution in [2.45, 2.75) is 44.6 Å². The van der Waals surface area contributed by atoms with Crippen molar-refractivity contribution in [3.8, 4) is 0 Å². The van der Waals surface area contributed by atoms with Crippen LogP contribution < -0.4 is 5.73 Å². The first-order valence-electron chi connectivity index (χ1n) is 4.09. The number of rotatable bonds is 0. The Hall–Kier alpha value is -0.0400. The monoisotopic (exact) mass is 125 g/mol. The summed E-state index contributed by atoms with van der Waals surface area (Å²) < 4.78 is 0. The third-order valence-corrected chi connectivity index (χ3v) is 3.12. The molecule has 2 rings (SSSR count). The molecule has 0 amide bonds. The quantitative estimate of drug-likeness (QED) is 0.523. The maximum Gasteiger partial charge on any atom is 0.00955 e. The second-order valence-electron chi connectivity index (χ2n) is 3.71. The molecule has 0 aromatic rings. The van der Waals surface area contributed by atoms with E-state index in [0.717, 1.165) is 0 Å². The van der Waals surface area contributed by atoms with Gasteiger partial charge in [-0.25, -0.2) is 0 Å². The smallest absolute Gasteiger partial charge is 0.00955 e. The highest BCUT2D eigenvalue weighted by Gasteiger charge is 2.48. The highest BCUT2D eigenvalue weighted by molar-refractivity contribution is 5.02. The molecule has 2 fully saturated rings. The molecule has 0 bridgehead atoms. The Labute approximate surface area is 56.6 Å². The van der Waals surface area contributed by atoms with Gasteiger partial charge in [0, 0.05) is 6.04 Å². The van der Waals surface area contributed by atoms with Crippen LogP contribution in [0.3, 0.4) is 0 Å². The van der Waals surface area contributed by atoms with Gasteiger partial charge in [0.2, 0.25) is 0 Å². The summed E-state index contributed by atoms with van der Waals surface area (Å²) in [4.78, 5) is 0. The van der Waals surface area contributed by atoms with Gasteiger partial charge in [0.1, 0.15) is 0 Å². The lowest BCUT2D eigenvalue weighted by molar-refractivity contribution is 0.285. The Morgan fingerprint density at radius 2 is 1.89 bits per heavy atom. The zero-order chi connectivity index (χ0) is 6.32. The van der Waals surface area contributed by atoms with Gasteiger partial charge in [0.05, 0.1) is 0 Å². The van der Waals surface area contributed by atoms with E-state index in [4.69, 9.17) is 5.73 Å². The zero-order valence-corrected chi connectivity index (χ0v) is 5.90. The number of hydrogen-bond acceptors (Lipinski definition) is 1. The minimum atomic E-state index is 0.561. The van der Waals surface area contributed by atoms with Crippen molar-refractivity contribution in [2.75, 3.05) is 0 Å². The van der Waals surface area contributed by atoms with Crippen LogP contribution >= 0.6 is 0 Å². The van der Waals surface area contributed by atoms with Gasteiger partial charge in [-0.3, -0.25) is 0 Å². The lowest BCUT2D eigenvalue weighted by atomic mass is 9.82. The molecule has 0 aliphatic heterocycles. The van der Waals surface area contributed by atoms with Gasteiger partial charge >= 0.3 is 0 Å². The van der Waals surface area contributed by atoms with Crippen molar-refractivity contribution >= 4 is 0 Å². The van der Waals surface area contributed by atoms with Gasteiger partial charge in [-0.2, -0.15) is 0 Å². The van der Waals surface area contributed by atoms with E-state index in [1.54, 1.807) is 0 Å². The summed E-state index contributed by atoms with van der Waals surface area (Å²) >= 11 is 0. The molecule has 0 heterocycles. The second-order valence-corrected chi connectivity index (χ2v) is 3.71. The van der Waals surface area contributed by atoms with Crippen LogP contribution in [-0.4, -0.2) is 6.04 Å². The number of hydrogen-bond donors (Lipinski definition) is 1. The molecular weight excluding hydrogens is 110 g/mol. The fraction of sp³-hybridized carbons (Fsp3) is 1.00. The lowest BCUT2D eigenvalue weighted by Gasteiger charge is -2.27. The molecule has 0 unspecified atom stereocenters. The fourth-order valence-electron chi connectivity index (χ4n) is 2.11. The molecule has 2 N–H and O–H groups in total. The largest absolute Gasteiger partial charge is 0.327 e. The summed E-state index contributed by atoms with van der Waals surface area (Å²) in [6, 6.07) is 0.561. The SMILES string of the molecule is N[C@H]1CCCCC12CC2. The first kappa shape index (κ1) is 5.72. The molecule has 9 heavy (non-hydrogen) atoms. The molecule has 2 saturated carbocycles. The fourth-order valence-corrected chi connectivity index (χ4v) is 2.11. The van der Waals surface area contributed by atoms with E-state index in [-0.39, 0.29) is 0 Å². The van der Waals surface area contributed by atoms with Crippen LogP contribution in [0.25, 0.3) is 0 Å². The lowest BCUT2D eigenvalue weighted by Crippen LogP contribution is -2.34. The predicted molar refractivity (Wildman–Crippen MR) is 38.1 cm³/mol. The van der Waals surface area contributed by atoms with Crippen molar-refractivity contribution in [3.63, 3.8) is 0 Å². The maximum atomic E-state index is 5.98. The highest BCUT2D eigenvalue weighted by Crippen LogP contribution is 2.55. The van der Waals surface area contributed by atoms with Crippen LogP contribution in [0.1, 0.15) is 38.5 Å². The van der Waals surface area contributed by atoms with Crippen molar-refractivity contribution in [2.24, 2.45) is 11.1 Å². The number of nitrogens with two attached hydrogens (primary N) is 1. The van der Waals surface area contributed by atoms with Gasteiger partial charge in [0.15, 0.2) is 0 Å². The normalized spacial score (nSPS) is 39.0. The molecule has 1 atom stereocenters. The average Bonchev–Trinajstić information content (AvgIpc) is 2.60. The van der Waals surface area contributed by atoms with Crippen LogP contribution in [0.5, 0.6) is 0 Å². The molecule has 0 radical (unpaired) electrons. The minimum absolute atomic E-state index is 0.561. The van der Waals surface area contributed by atoms with E-state index in [9.17, 15) is 0 Å². The summed E-state index contributed by atoms with van der Waals surface area (Å²) in [6.45, 7) is 0. The molecule has 2 aliphatic carbocycles. The Bertz CT molecular complexity index is 116. The topological polar surface area (TPSA) is 26.0 Å². The molecule has 2 aliphatic rings. The Morgan fingerprint density at radius 3 is 2.33 bits per heavy atom. The molecule has 1 nitrogen and oxygen atoms in total. The van der Waals surface area contributed by atoms with E-state index >= 15 is 0 Å². The summed E-state index contributed by atoms with van der Waals surface area (Å²) in [6.07, 6.45) is 8.38. The Balaban J connectivity index is 2.03. The molecule has 52 valence electrons. The van der Waals surface area contributed by atoms with Gasteiger partial charge in [-0.05, 0) is 31.1 Å². The molecule has 1 spiro atoms. The van der Waals surface area contributed by atoms with Gasteiger partial charge in [0.25, 0.3) is 0 Å². The zero-order valence-electron chi connectivity index (χ0n) is 5.90. The third-order valence-electron chi connectivity index (χ3n) is 3.12. The van der Waals surface area contributed by atoms with Gasteiger partial charge < -0.3 is 5.73 Å². The molecule has 1 heteroatoms. The maximum absolute atomic E-state index is 5.98.